The fourth-order valence-corrected chi connectivity index (χ4v) is 2.86. The molecular weight excluding hydrogens is 300 g/mol. The molecule has 4 nitrogen and oxygen atoms in total. The number of amides is 1. The van der Waals surface area contributed by atoms with E-state index in [0.717, 1.165) is 22.6 Å². The van der Waals surface area contributed by atoms with Gasteiger partial charge in [-0.3, -0.25) is 4.79 Å². The Labute approximate surface area is 142 Å². The standard InChI is InChI=1S/C20H22N2O2/c1-14(2)13-24-16-11-9-15(10-12-16)20(3)21-18-8-6-5-7-17(18)19(23)22(20)4/h5-12,21H,1,13H2,2-4H3. The molecule has 0 saturated heterocycles. The number of nitrogens with one attached hydrogen (secondary N) is 1. The Kier molecular flexibility index (Phi) is 4.06. The van der Waals surface area contributed by atoms with Crippen molar-refractivity contribution in [1.82, 2.24) is 4.90 Å². The lowest BCUT2D eigenvalue weighted by Crippen LogP contribution is -2.53. The van der Waals surface area contributed by atoms with Crippen LogP contribution >= 0.6 is 0 Å². The maximum absolute atomic E-state index is 12.7. The van der Waals surface area contributed by atoms with Gasteiger partial charge in [0, 0.05) is 12.7 Å². The number of nitrogens with zero attached hydrogens (tertiary/aromatic N) is 1. The zero-order valence-corrected chi connectivity index (χ0v) is 14.3. The maximum Gasteiger partial charge on any atom is 0.257 e. The minimum absolute atomic E-state index is 0.00876. The molecule has 0 aliphatic carbocycles. The summed E-state index contributed by atoms with van der Waals surface area (Å²) in [4.78, 5) is 14.4. The molecule has 1 aliphatic heterocycles. The molecule has 1 unspecified atom stereocenters. The third kappa shape index (κ3) is 2.75. The van der Waals surface area contributed by atoms with E-state index in [1.807, 2.05) is 69.4 Å². The summed E-state index contributed by atoms with van der Waals surface area (Å²) in [5.74, 6) is 0.796. The van der Waals surface area contributed by atoms with Crippen LogP contribution in [-0.2, 0) is 5.66 Å². The first-order valence-electron chi connectivity index (χ1n) is 7.95. The van der Waals surface area contributed by atoms with Gasteiger partial charge in [0.15, 0.2) is 0 Å². The van der Waals surface area contributed by atoms with Gasteiger partial charge in [0.2, 0.25) is 0 Å². The number of rotatable bonds is 4. The molecule has 2 aromatic rings. The van der Waals surface area contributed by atoms with Crippen molar-refractivity contribution in [2.75, 3.05) is 19.0 Å². The Hall–Kier alpha value is -2.75. The van der Waals surface area contributed by atoms with E-state index in [1.54, 1.807) is 4.90 Å². The van der Waals surface area contributed by atoms with Crippen molar-refractivity contribution in [3.63, 3.8) is 0 Å². The molecule has 1 amide bonds. The molecule has 24 heavy (non-hydrogen) atoms. The van der Waals surface area contributed by atoms with Crippen LogP contribution in [0, 0.1) is 0 Å². The van der Waals surface area contributed by atoms with Gasteiger partial charge in [-0.05, 0) is 49.2 Å². The van der Waals surface area contributed by atoms with E-state index in [2.05, 4.69) is 11.9 Å². The summed E-state index contributed by atoms with van der Waals surface area (Å²) in [5, 5.41) is 3.49. The quantitative estimate of drug-likeness (QED) is 0.865. The van der Waals surface area contributed by atoms with Gasteiger partial charge >= 0.3 is 0 Å². The molecule has 1 atom stereocenters. The lowest BCUT2D eigenvalue weighted by atomic mass is 9.94. The van der Waals surface area contributed by atoms with Crippen LogP contribution in [0.2, 0.25) is 0 Å². The monoisotopic (exact) mass is 322 g/mol. The number of carbonyl (C=O) groups excluding carboxylic acids is 1. The van der Waals surface area contributed by atoms with Gasteiger partial charge in [-0.25, -0.2) is 0 Å². The fraction of sp³-hybridized carbons (Fsp3) is 0.250. The van der Waals surface area contributed by atoms with Gasteiger partial charge in [-0.2, -0.15) is 0 Å². The summed E-state index contributed by atoms with van der Waals surface area (Å²) in [6, 6.07) is 15.4. The van der Waals surface area contributed by atoms with Gasteiger partial charge in [0.25, 0.3) is 5.91 Å². The van der Waals surface area contributed by atoms with Crippen molar-refractivity contribution in [3.05, 3.63) is 71.8 Å². The molecular formula is C20H22N2O2. The number of para-hydroxylation sites is 1. The number of benzene rings is 2. The first kappa shape index (κ1) is 16.1. The van der Waals surface area contributed by atoms with E-state index in [9.17, 15) is 4.79 Å². The van der Waals surface area contributed by atoms with Gasteiger partial charge in [-0.1, -0.05) is 30.8 Å². The summed E-state index contributed by atoms with van der Waals surface area (Å²) in [5.41, 5.74) is 2.90. The van der Waals surface area contributed by atoms with Crippen molar-refractivity contribution in [3.8, 4) is 5.75 Å². The molecule has 0 fully saturated rings. The molecule has 0 spiro atoms. The average Bonchev–Trinajstić information content (AvgIpc) is 2.58. The van der Waals surface area contributed by atoms with Gasteiger partial charge < -0.3 is 15.0 Å². The highest BCUT2D eigenvalue weighted by molar-refractivity contribution is 6.02. The second-order valence-corrected chi connectivity index (χ2v) is 6.38. The summed E-state index contributed by atoms with van der Waals surface area (Å²) in [6.45, 7) is 8.27. The highest BCUT2D eigenvalue weighted by Crippen LogP contribution is 2.37. The summed E-state index contributed by atoms with van der Waals surface area (Å²) in [6.07, 6.45) is 0. The Morgan fingerprint density at radius 3 is 2.54 bits per heavy atom. The molecule has 1 heterocycles. The predicted octanol–water partition coefficient (Wildman–Crippen LogP) is 4.01. The zero-order chi connectivity index (χ0) is 17.3. The van der Waals surface area contributed by atoms with Gasteiger partial charge in [0.05, 0.1) is 5.56 Å². The second kappa shape index (κ2) is 6.04. The predicted molar refractivity (Wildman–Crippen MR) is 96.3 cm³/mol. The van der Waals surface area contributed by atoms with Crippen molar-refractivity contribution in [1.29, 1.82) is 0 Å². The smallest absolute Gasteiger partial charge is 0.257 e. The van der Waals surface area contributed by atoms with Gasteiger partial charge in [-0.15, -0.1) is 0 Å². The highest BCUT2D eigenvalue weighted by Gasteiger charge is 2.40. The lowest BCUT2D eigenvalue weighted by Gasteiger charge is -2.44. The Balaban J connectivity index is 1.90. The molecule has 2 aromatic carbocycles. The first-order valence-corrected chi connectivity index (χ1v) is 7.95. The lowest BCUT2D eigenvalue weighted by molar-refractivity contribution is 0.0615. The Bertz CT molecular complexity index is 782. The molecule has 124 valence electrons. The number of fused-ring (bicyclic) bond motifs is 1. The second-order valence-electron chi connectivity index (χ2n) is 6.38. The van der Waals surface area contributed by atoms with Crippen LogP contribution in [0.5, 0.6) is 5.75 Å². The number of hydrogen-bond donors (Lipinski definition) is 1. The molecule has 0 radical (unpaired) electrons. The van der Waals surface area contributed by atoms with Crippen molar-refractivity contribution in [2.45, 2.75) is 19.5 Å². The molecule has 3 rings (SSSR count). The van der Waals surface area contributed by atoms with Crippen LogP contribution in [0.15, 0.2) is 60.7 Å². The average molecular weight is 322 g/mol. The van der Waals surface area contributed by atoms with Gasteiger partial charge in [0.1, 0.15) is 18.0 Å². The van der Waals surface area contributed by atoms with Crippen molar-refractivity contribution in [2.24, 2.45) is 0 Å². The Morgan fingerprint density at radius 1 is 1.21 bits per heavy atom. The fourth-order valence-electron chi connectivity index (χ4n) is 2.86. The van der Waals surface area contributed by atoms with Crippen LogP contribution < -0.4 is 10.1 Å². The van der Waals surface area contributed by atoms with Crippen LogP contribution in [0.25, 0.3) is 0 Å². The van der Waals surface area contributed by atoms with Crippen LogP contribution in [0.3, 0.4) is 0 Å². The molecule has 1 aliphatic rings. The normalized spacial score (nSPS) is 19.5. The summed E-state index contributed by atoms with van der Waals surface area (Å²) >= 11 is 0. The number of ether oxygens (including phenoxy) is 1. The molecule has 4 heteroatoms. The summed E-state index contributed by atoms with van der Waals surface area (Å²) < 4.78 is 5.65. The Morgan fingerprint density at radius 2 is 1.88 bits per heavy atom. The zero-order valence-electron chi connectivity index (χ0n) is 14.3. The molecule has 0 bridgehead atoms. The number of hydrogen-bond acceptors (Lipinski definition) is 3. The highest BCUT2D eigenvalue weighted by atomic mass is 16.5. The van der Waals surface area contributed by atoms with Crippen molar-refractivity contribution < 1.29 is 9.53 Å². The van der Waals surface area contributed by atoms with E-state index in [1.165, 1.54) is 0 Å². The van der Waals surface area contributed by atoms with E-state index in [-0.39, 0.29) is 5.91 Å². The van der Waals surface area contributed by atoms with E-state index in [4.69, 9.17) is 4.74 Å². The first-order chi connectivity index (χ1) is 11.4. The van der Waals surface area contributed by atoms with Crippen LogP contribution in [-0.4, -0.2) is 24.5 Å². The maximum atomic E-state index is 12.7. The van der Waals surface area contributed by atoms with E-state index in [0.29, 0.717) is 12.2 Å². The molecule has 1 N–H and O–H groups in total. The third-order valence-electron chi connectivity index (χ3n) is 4.41. The van der Waals surface area contributed by atoms with E-state index >= 15 is 0 Å². The van der Waals surface area contributed by atoms with Crippen LogP contribution in [0.4, 0.5) is 5.69 Å². The SMILES string of the molecule is C=C(C)COc1ccc(C2(C)Nc3ccccc3C(=O)N2C)cc1. The molecule has 0 aromatic heterocycles. The topological polar surface area (TPSA) is 41.6 Å². The minimum atomic E-state index is -0.613. The minimum Gasteiger partial charge on any atom is -0.489 e. The largest absolute Gasteiger partial charge is 0.489 e. The van der Waals surface area contributed by atoms with Crippen LogP contribution in [0.1, 0.15) is 29.8 Å². The summed E-state index contributed by atoms with van der Waals surface area (Å²) in [7, 11) is 1.82. The number of anilines is 1. The van der Waals surface area contributed by atoms with Crippen molar-refractivity contribution >= 4 is 11.6 Å². The number of carbonyl (C=O) groups is 1. The third-order valence-corrected chi connectivity index (χ3v) is 4.41. The molecule has 0 saturated carbocycles. The van der Waals surface area contributed by atoms with E-state index < -0.39 is 5.66 Å².